The molecule has 4 nitrogen and oxygen atoms in total. The molecule has 0 aromatic heterocycles. The van der Waals surface area contributed by atoms with E-state index < -0.39 is 0 Å². The summed E-state index contributed by atoms with van der Waals surface area (Å²) in [5, 5.41) is 3.21. The van der Waals surface area contributed by atoms with Gasteiger partial charge in [0.15, 0.2) is 5.78 Å². The lowest BCUT2D eigenvalue weighted by atomic mass is 9.96. The van der Waals surface area contributed by atoms with Crippen LogP contribution >= 0.6 is 0 Å². The van der Waals surface area contributed by atoms with Gasteiger partial charge in [-0.3, -0.25) is 4.79 Å². The highest BCUT2D eigenvalue weighted by Gasteiger charge is 2.25. The van der Waals surface area contributed by atoms with Crippen LogP contribution in [0.5, 0.6) is 5.75 Å². The van der Waals surface area contributed by atoms with E-state index in [1.807, 2.05) is 24.3 Å². The van der Waals surface area contributed by atoms with Gasteiger partial charge in [-0.05, 0) is 25.1 Å². The number of ether oxygens (including phenoxy) is 2. The molecule has 0 aliphatic carbocycles. The van der Waals surface area contributed by atoms with Crippen molar-refractivity contribution < 1.29 is 14.3 Å². The molecule has 1 aromatic rings. The minimum atomic E-state index is 0.0807. The third-order valence-electron chi connectivity index (χ3n) is 3.13. The summed E-state index contributed by atoms with van der Waals surface area (Å²) in [4.78, 5) is 12.3. The predicted octanol–water partition coefficient (Wildman–Crippen LogP) is 1.50. The number of benzene rings is 1. The Morgan fingerprint density at radius 3 is 2.94 bits per heavy atom. The standard InChI is InChI=1S/C14H19NO3/c1-17-8-9-18-13-5-3-2-4-12(13)14(16)11-6-7-15-10-11/h2-5,11,15H,6-10H2,1H3. The number of ketones is 1. The molecule has 1 saturated heterocycles. The van der Waals surface area contributed by atoms with Crippen molar-refractivity contribution >= 4 is 5.78 Å². The molecule has 1 aliphatic heterocycles. The Bertz CT molecular complexity index is 400. The molecular formula is C14H19NO3. The number of methoxy groups -OCH3 is 1. The van der Waals surface area contributed by atoms with Crippen molar-refractivity contribution in [1.29, 1.82) is 0 Å². The lowest BCUT2D eigenvalue weighted by Gasteiger charge is -2.13. The molecule has 4 heteroatoms. The summed E-state index contributed by atoms with van der Waals surface area (Å²) in [6, 6.07) is 7.43. The van der Waals surface area contributed by atoms with Crippen LogP contribution in [0.1, 0.15) is 16.8 Å². The number of hydrogen-bond donors (Lipinski definition) is 1. The largest absolute Gasteiger partial charge is 0.490 e. The SMILES string of the molecule is COCCOc1ccccc1C(=O)C1CCNC1. The first-order valence-corrected chi connectivity index (χ1v) is 6.28. The summed E-state index contributed by atoms with van der Waals surface area (Å²) >= 11 is 0. The molecule has 1 unspecified atom stereocenters. The maximum absolute atomic E-state index is 12.3. The summed E-state index contributed by atoms with van der Waals surface area (Å²) in [6.07, 6.45) is 0.908. The maximum atomic E-state index is 12.3. The molecule has 1 fully saturated rings. The van der Waals surface area contributed by atoms with E-state index in [9.17, 15) is 4.79 Å². The highest BCUT2D eigenvalue weighted by Crippen LogP contribution is 2.23. The number of hydrogen-bond acceptors (Lipinski definition) is 4. The summed E-state index contributed by atoms with van der Waals surface area (Å²) < 4.78 is 10.5. The maximum Gasteiger partial charge on any atom is 0.170 e. The summed E-state index contributed by atoms with van der Waals surface area (Å²) in [5.74, 6) is 0.914. The van der Waals surface area contributed by atoms with E-state index in [0.717, 1.165) is 19.5 Å². The van der Waals surface area contributed by atoms with Gasteiger partial charge in [0.2, 0.25) is 0 Å². The molecule has 98 valence electrons. The molecular weight excluding hydrogens is 230 g/mol. The first-order valence-electron chi connectivity index (χ1n) is 6.28. The Balaban J connectivity index is 2.08. The third-order valence-corrected chi connectivity index (χ3v) is 3.13. The lowest BCUT2D eigenvalue weighted by Crippen LogP contribution is -2.19. The lowest BCUT2D eigenvalue weighted by molar-refractivity contribution is 0.0922. The number of nitrogens with one attached hydrogen (secondary N) is 1. The fourth-order valence-corrected chi connectivity index (χ4v) is 2.13. The molecule has 1 N–H and O–H groups in total. The van der Waals surface area contributed by atoms with Crippen molar-refractivity contribution in [3.63, 3.8) is 0 Å². The second kappa shape index (κ2) is 6.52. The van der Waals surface area contributed by atoms with Crippen LogP contribution in [0.4, 0.5) is 0 Å². The summed E-state index contributed by atoms with van der Waals surface area (Å²) in [7, 11) is 1.63. The first-order chi connectivity index (χ1) is 8.83. The normalized spacial score (nSPS) is 18.8. The Hall–Kier alpha value is -1.39. The zero-order valence-corrected chi connectivity index (χ0v) is 10.6. The van der Waals surface area contributed by atoms with Gasteiger partial charge in [0, 0.05) is 19.6 Å². The average Bonchev–Trinajstić information content (AvgIpc) is 2.93. The van der Waals surface area contributed by atoms with Crippen LogP contribution in [0.2, 0.25) is 0 Å². The Labute approximate surface area is 107 Å². The van der Waals surface area contributed by atoms with Crippen molar-refractivity contribution in [2.75, 3.05) is 33.4 Å². The second-order valence-electron chi connectivity index (χ2n) is 4.39. The summed E-state index contributed by atoms with van der Waals surface area (Å²) in [5.41, 5.74) is 0.683. The van der Waals surface area contributed by atoms with Gasteiger partial charge in [0.05, 0.1) is 12.2 Å². The summed E-state index contributed by atoms with van der Waals surface area (Å²) in [6.45, 7) is 2.67. The van der Waals surface area contributed by atoms with Crippen LogP contribution < -0.4 is 10.1 Å². The van der Waals surface area contributed by atoms with Crippen LogP contribution in [0.15, 0.2) is 24.3 Å². The third kappa shape index (κ3) is 3.09. The van der Waals surface area contributed by atoms with Crippen LogP contribution in [0.3, 0.4) is 0 Å². The number of rotatable bonds is 6. The molecule has 0 bridgehead atoms. The van der Waals surface area contributed by atoms with Crippen LogP contribution in [-0.2, 0) is 4.74 Å². The molecule has 0 saturated carbocycles. The van der Waals surface area contributed by atoms with Crippen LogP contribution in [0, 0.1) is 5.92 Å². The van der Waals surface area contributed by atoms with E-state index in [4.69, 9.17) is 9.47 Å². The van der Waals surface area contributed by atoms with Crippen molar-refractivity contribution in [2.45, 2.75) is 6.42 Å². The van der Waals surface area contributed by atoms with E-state index in [1.54, 1.807) is 7.11 Å². The van der Waals surface area contributed by atoms with Gasteiger partial charge in [0.25, 0.3) is 0 Å². The van der Waals surface area contributed by atoms with Gasteiger partial charge in [-0.25, -0.2) is 0 Å². The van der Waals surface area contributed by atoms with E-state index in [2.05, 4.69) is 5.32 Å². The smallest absolute Gasteiger partial charge is 0.170 e. The highest BCUT2D eigenvalue weighted by atomic mass is 16.5. The Morgan fingerprint density at radius 2 is 2.22 bits per heavy atom. The zero-order chi connectivity index (χ0) is 12.8. The highest BCUT2D eigenvalue weighted by molar-refractivity contribution is 6.00. The first kappa shape index (κ1) is 13.1. The second-order valence-corrected chi connectivity index (χ2v) is 4.39. The van der Waals surface area contributed by atoms with Crippen molar-refractivity contribution in [1.82, 2.24) is 5.32 Å². The van der Waals surface area contributed by atoms with E-state index in [1.165, 1.54) is 0 Å². The topological polar surface area (TPSA) is 47.6 Å². The van der Waals surface area contributed by atoms with Gasteiger partial charge in [-0.2, -0.15) is 0 Å². The Morgan fingerprint density at radius 1 is 1.39 bits per heavy atom. The molecule has 0 spiro atoms. The predicted molar refractivity (Wildman–Crippen MR) is 69.1 cm³/mol. The monoisotopic (exact) mass is 249 g/mol. The number of carbonyl (C=O) groups is 1. The van der Waals surface area contributed by atoms with Gasteiger partial charge in [-0.1, -0.05) is 12.1 Å². The minimum absolute atomic E-state index is 0.0807. The quantitative estimate of drug-likeness (QED) is 0.613. The van der Waals surface area contributed by atoms with Gasteiger partial charge in [-0.15, -0.1) is 0 Å². The molecule has 1 atom stereocenters. The molecule has 1 aromatic carbocycles. The zero-order valence-electron chi connectivity index (χ0n) is 10.6. The number of Topliss-reactive ketones (excluding diaryl/α,β-unsaturated/α-hetero) is 1. The van der Waals surface area contributed by atoms with E-state index in [0.29, 0.717) is 24.5 Å². The molecule has 18 heavy (non-hydrogen) atoms. The van der Waals surface area contributed by atoms with Crippen molar-refractivity contribution in [3.05, 3.63) is 29.8 Å². The van der Waals surface area contributed by atoms with E-state index in [-0.39, 0.29) is 11.7 Å². The van der Waals surface area contributed by atoms with Gasteiger partial charge >= 0.3 is 0 Å². The van der Waals surface area contributed by atoms with Gasteiger partial charge in [0.1, 0.15) is 12.4 Å². The number of para-hydroxylation sites is 1. The van der Waals surface area contributed by atoms with Crippen molar-refractivity contribution in [2.24, 2.45) is 5.92 Å². The van der Waals surface area contributed by atoms with Crippen LogP contribution in [0.25, 0.3) is 0 Å². The molecule has 2 rings (SSSR count). The average molecular weight is 249 g/mol. The minimum Gasteiger partial charge on any atom is -0.490 e. The van der Waals surface area contributed by atoms with Crippen LogP contribution in [-0.4, -0.2) is 39.2 Å². The van der Waals surface area contributed by atoms with Crippen molar-refractivity contribution in [3.8, 4) is 5.75 Å². The molecule has 1 heterocycles. The fraction of sp³-hybridized carbons (Fsp3) is 0.500. The van der Waals surface area contributed by atoms with E-state index >= 15 is 0 Å². The van der Waals surface area contributed by atoms with Gasteiger partial charge < -0.3 is 14.8 Å². The fourth-order valence-electron chi connectivity index (χ4n) is 2.13. The Kier molecular flexibility index (Phi) is 4.73. The molecule has 0 radical (unpaired) electrons. The molecule has 1 aliphatic rings. The number of carbonyl (C=O) groups excluding carboxylic acids is 1. The molecule has 0 amide bonds.